The van der Waals surface area contributed by atoms with Gasteiger partial charge in [0.05, 0.1) is 19.9 Å². The number of methoxy groups -OCH3 is 2. The summed E-state index contributed by atoms with van der Waals surface area (Å²) in [5.41, 5.74) is 1.44. The van der Waals surface area contributed by atoms with Crippen molar-refractivity contribution in [3.63, 3.8) is 0 Å². The van der Waals surface area contributed by atoms with E-state index in [2.05, 4.69) is 10.6 Å². The van der Waals surface area contributed by atoms with Gasteiger partial charge in [-0.05, 0) is 48.5 Å². The largest absolute Gasteiger partial charge is 0.493 e. The van der Waals surface area contributed by atoms with Crippen LogP contribution in [0.1, 0.15) is 5.56 Å². The Balaban J connectivity index is 1.85. The number of hydrogen-bond acceptors (Lipinski definition) is 3. The zero-order chi connectivity index (χ0) is 16.7. The summed E-state index contributed by atoms with van der Waals surface area (Å²) in [6, 6.07) is 12.2. The molecule has 0 bridgehead atoms. The molecule has 0 saturated carbocycles. The number of thiocarbonyl (C=S) groups is 1. The zero-order valence-electron chi connectivity index (χ0n) is 13.1. The lowest BCUT2D eigenvalue weighted by atomic mass is 10.1. The summed E-state index contributed by atoms with van der Waals surface area (Å²) < 4.78 is 24.0. The van der Waals surface area contributed by atoms with Gasteiger partial charge in [0.1, 0.15) is 5.82 Å². The number of nitrogens with one attached hydrogen (secondary N) is 2. The van der Waals surface area contributed by atoms with Gasteiger partial charge in [-0.25, -0.2) is 4.39 Å². The van der Waals surface area contributed by atoms with Gasteiger partial charge in [-0.3, -0.25) is 0 Å². The van der Waals surface area contributed by atoms with Crippen LogP contribution in [0.25, 0.3) is 0 Å². The van der Waals surface area contributed by atoms with Gasteiger partial charge in [0.25, 0.3) is 0 Å². The standard InChI is InChI=1S/C17H19FN2O2S/c1-21-15-8-7-12(11-16(15)22-2)9-10-19-17(23)20-14-6-4-3-5-13(14)18/h3-8,11H,9-10H2,1-2H3,(H2,19,20,23). The Hall–Kier alpha value is -2.34. The summed E-state index contributed by atoms with van der Waals surface area (Å²) in [5.74, 6) is 1.05. The average Bonchev–Trinajstić information content (AvgIpc) is 2.56. The van der Waals surface area contributed by atoms with Crippen molar-refractivity contribution in [1.82, 2.24) is 5.32 Å². The monoisotopic (exact) mass is 334 g/mol. The molecule has 0 amide bonds. The second kappa shape index (κ2) is 8.33. The van der Waals surface area contributed by atoms with Crippen LogP contribution >= 0.6 is 12.2 Å². The quantitative estimate of drug-likeness (QED) is 0.793. The van der Waals surface area contributed by atoms with Gasteiger partial charge in [-0.2, -0.15) is 0 Å². The molecule has 0 aromatic heterocycles. The Morgan fingerprint density at radius 3 is 2.52 bits per heavy atom. The summed E-state index contributed by atoms with van der Waals surface area (Å²) in [5, 5.41) is 6.28. The molecule has 0 atom stereocenters. The predicted octanol–water partition coefficient (Wildman–Crippen LogP) is 3.37. The highest BCUT2D eigenvalue weighted by atomic mass is 32.1. The third-order valence-electron chi connectivity index (χ3n) is 3.27. The topological polar surface area (TPSA) is 42.5 Å². The molecule has 6 heteroatoms. The molecule has 0 heterocycles. The van der Waals surface area contributed by atoms with E-state index in [4.69, 9.17) is 21.7 Å². The van der Waals surface area contributed by atoms with E-state index in [1.807, 2.05) is 18.2 Å². The van der Waals surface area contributed by atoms with Crippen molar-refractivity contribution in [2.24, 2.45) is 0 Å². The van der Waals surface area contributed by atoms with Crippen molar-refractivity contribution in [1.29, 1.82) is 0 Å². The minimum Gasteiger partial charge on any atom is -0.493 e. The molecule has 0 aliphatic carbocycles. The molecule has 0 aliphatic heterocycles. The van der Waals surface area contributed by atoms with E-state index in [1.54, 1.807) is 32.4 Å². The van der Waals surface area contributed by atoms with E-state index in [9.17, 15) is 4.39 Å². The molecule has 0 unspecified atom stereocenters. The van der Waals surface area contributed by atoms with Crippen molar-refractivity contribution < 1.29 is 13.9 Å². The van der Waals surface area contributed by atoms with E-state index in [0.29, 0.717) is 28.8 Å². The number of ether oxygens (including phenoxy) is 2. The van der Waals surface area contributed by atoms with Crippen LogP contribution in [-0.4, -0.2) is 25.9 Å². The van der Waals surface area contributed by atoms with Crippen LogP contribution in [0.3, 0.4) is 0 Å². The lowest BCUT2D eigenvalue weighted by molar-refractivity contribution is 0.354. The molecule has 2 rings (SSSR count). The molecule has 23 heavy (non-hydrogen) atoms. The highest BCUT2D eigenvalue weighted by molar-refractivity contribution is 7.80. The van der Waals surface area contributed by atoms with Gasteiger partial charge in [-0.15, -0.1) is 0 Å². The summed E-state index contributed by atoms with van der Waals surface area (Å²) in [4.78, 5) is 0. The van der Waals surface area contributed by atoms with Crippen LogP contribution in [0, 0.1) is 5.82 Å². The van der Waals surface area contributed by atoms with Crippen molar-refractivity contribution in [2.75, 3.05) is 26.1 Å². The Morgan fingerprint density at radius 2 is 1.83 bits per heavy atom. The second-order valence-corrected chi connectivity index (χ2v) is 5.21. The van der Waals surface area contributed by atoms with Gasteiger partial charge >= 0.3 is 0 Å². The fraction of sp³-hybridized carbons (Fsp3) is 0.235. The number of anilines is 1. The first-order valence-corrected chi connectivity index (χ1v) is 7.55. The summed E-state index contributed by atoms with van der Waals surface area (Å²) in [6.45, 7) is 0.621. The van der Waals surface area contributed by atoms with Gasteiger partial charge in [0, 0.05) is 6.54 Å². The maximum Gasteiger partial charge on any atom is 0.170 e. The van der Waals surface area contributed by atoms with Gasteiger partial charge in [0.2, 0.25) is 0 Å². The molecule has 0 spiro atoms. The first kappa shape index (κ1) is 17.0. The van der Waals surface area contributed by atoms with Gasteiger partial charge in [0.15, 0.2) is 16.6 Å². The number of hydrogen-bond donors (Lipinski definition) is 2. The number of benzene rings is 2. The van der Waals surface area contributed by atoms with Crippen molar-refractivity contribution >= 4 is 23.0 Å². The number of rotatable bonds is 6. The summed E-state index contributed by atoms with van der Waals surface area (Å²) in [7, 11) is 3.21. The van der Waals surface area contributed by atoms with Crippen molar-refractivity contribution in [3.05, 3.63) is 53.8 Å². The van der Waals surface area contributed by atoms with Crippen molar-refractivity contribution in [3.8, 4) is 11.5 Å². The highest BCUT2D eigenvalue weighted by Crippen LogP contribution is 2.27. The van der Waals surface area contributed by atoms with Gasteiger partial charge < -0.3 is 20.1 Å². The first-order valence-electron chi connectivity index (χ1n) is 7.14. The molecule has 2 aromatic carbocycles. The van der Waals surface area contributed by atoms with E-state index < -0.39 is 0 Å². The Labute approximate surface area is 140 Å². The highest BCUT2D eigenvalue weighted by Gasteiger charge is 2.05. The normalized spacial score (nSPS) is 10.0. The smallest absolute Gasteiger partial charge is 0.170 e. The van der Waals surface area contributed by atoms with Crippen LogP contribution in [0.5, 0.6) is 11.5 Å². The Morgan fingerprint density at radius 1 is 1.09 bits per heavy atom. The van der Waals surface area contributed by atoms with Gasteiger partial charge in [-0.1, -0.05) is 18.2 Å². The lowest BCUT2D eigenvalue weighted by Crippen LogP contribution is -2.30. The van der Waals surface area contributed by atoms with Crippen LogP contribution in [-0.2, 0) is 6.42 Å². The SMILES string of the molecule is COc1ccc(CCNC(=S)Nc2ccccc2F)cc1OC. The fourth-order valence-corrected chi connectivity index (χ4v) is 2.30. The van der Waals surface area contributed by atoms with Crippen LogP contribution in [0.4, 0.5) is 10.1 Å². The molecule has 0 fully saturated rings. The van der Waals surface area contributed by atoms with Crippen molar-refractivity contribution in [2.45, 2.75) is 6.42 Å². The first-order chi connectivity index (χ1) is 11.1. The molecule has 0 radical (unpaired) electrons. The average molecular weight is 334 g/mol. The molecule has 2 aromatic rings. The maximum absolute atomic E-state index is 13.5. The number of para-hydroxylation sites is 1. The predicted molar refractivity (Wildman–Crippen MR) is 93.9 cm³/mol. The van der Waals surface area contributed by atoms with E-state index in [1.165, 1.54) is 6.07 Å². The molecule has 2 N–H and O–H groups in total. The minimum absolute atomic E-state index is 0.337. The van der Waals surface area contributed by atoms with Crippen LogP contribution in [0.2, 0.25) is 0 Å². The Kier molecular flexibility index (Phi) is 6.17. The minimum atomic E-state index is -0.337. The molecule has 4 nitrogen and oxygen atoms in total. The third-order valence-corrected chi connectivity index (χ3v) is 3.52. The second-order valence-electron chi connectivity index (χ2n) is 4.80. The molecular formula is C17H19FN2O2S. The molecule has 122 valence electrons. The summed E-state index contributed by atoms with van der Waals surface area (Å²) in [6.07, 6.45) is 0.749. The summed E-state index contributed by atoms with van der Waals surface area (Å²) >= 11 is 5.17. The molecule has 0 aliphatic rings. The molecule has 0 saturated heterocycles. The maximum atomic E-state index is 13.5. The number of halogens is 1. The third kappa shape index (κ3) is 4.82. The van der Waals surface area contributed by atoms with E-state index in [-0.39, 0.29) is 5.82 Å². The van der Waals surface area contributed by atoms with Crippen LogP contribution < -0.4 is 20.1 Å². The zero-order valence-corrected chi connectivity index (χ0v) is 13.9. The van der Waals surface area contributed by atoms with E-state index in [0.717, 1.165) is 12.0 Å². The van der Waals surface area contributed by atoms with E-state index >= 15 is 0 Å². The molecular weight excluding hydrogens is 315 g/mol. The lowest BCUT2D eigenvalue weighted by Gasteiger charge is -2.12. The van der Waals surface area contributed by atoms with Crippen LogP contribution in [0.15, 0.2) is 42.5 Å². The Bertz CT molecular complexity index is 679. The fourth-order valence-electron chi connectivity index (χ4n) is 2.09.